The van der Waals surface area contributed by atoms with Crippen LogP contribution in [0, 0.1) is 0 Å². The molecule has 0 spiro atoms. The van der Waals surface area contributed by atoms with Crippen LogP contribution in [-0.4, -0.2) is 23.9 Å². The first-order chi connectivity index (χ1) is 8.92. The van der Waals surface area contributed by atoms with Crippen LogP contribution in [0.2, 0.25) is 0 Å². The van der Waals surface area contributed by atoms with Gasteiger partial charge in [0.2, 0.25) is 0 Å². The summed E-state index contributed by atoms with van der Waals surface area (Å²) in [5.41, 5.74) is 0.938. The predicted octanol–water partition coefficient (Wildman–Crippen LogP) is 3.43. The second kappa shape index (κ2) is 7.50. The maximum Gasteiger partial charge on any atom is 0.389 e. The smallest absolute Gasteiger partial charge is 0.389 e. The summed E-state index contributed by atoms with van der Waals surface area (Å²) in [5.74, 6) is 0. The van der Waals surface area contributed by atoms with Crippen molar-refractivity contribution in [3.63, 3.8) is 0 Å². The van der Waals surface area contributed by atoms with Crippen LogP contribution in [0.3, 0.4) is 0 Å². The van der Waals surface area contributed by atoms with E-state index >= 15 is 0 Å². The third kappa shape index (κ3) is 6.59. The summed E-state index contributed by atoms with van der Waals surface area (Å²) in [6.45, 7) is 1.76. The van der Waals surface area contributed by atoms with Crippen molar-refractivity contribution in [2.24, 2.45) is 0 Å². The highest BCUT2D eigenvalue weighted by atomic mass is 19.4. The molecular weight excluding hydrogens is 255 g/mol. The fraction of sp³-hybridized carbons (Fsp3) is 0.571. The van der Waals surface area contributed by atoms with Crippen molar-refractivity contribution in [3.8, 4) is 0 Å². The van der Waals surface area contributed by atoms with Crippen LogP contribution < -0.4 is 5.32 Å². The SMILES string of the molecule is CC(CCCC(F)(F)F)N[C@H](CO)c1ccccc1. The van der Waals surface area contributed by atoms with E-state index in [1.165, 1.54) is 0 Å². The van der Waals surface area contributed by atoms with Gasteiger partial charge in [-0.05, 0) is 25.3 Å². The van der Waals surface area contributed by atoms with E-state index in [1.807, 2.05) is 37.3 Å². The van der Waals surface area contributed by atoms with Crippen molar-refractivity contribution in [1.82, 2.24) is 5.32 Å². The molecule has 1 rings (SSSR count). The molecule has 2 N–H and O–H groups in total. The van der Waals surface area contributed by atoms with E-state index in [-0.39, 0.29) is 25.1 Å². The van der Waals surface area contributed by atoms with Gasteiger partial charge in [-0.3, -0.25) is 0 Å². The summed E-state index contributed by atoms with van der Waals surface area (Å²) in [7, 11) is 0. The number of rotatable bonds is 7. The van der Waals surface area contributed by atoms with Crippen LogP contribution in [0.25, 0.3) is 0 Å². The third-order valence-corrected chi connectivity index (χ3v) is 2.97. The normalized spacial score (nSPS) is 15.2. The third-order valence-electron chi connectivity index (χ3n) is 2.97. The molecule has 0 bridgehead atoms. The van der Waals surface area contributed by atoms with E-state index in [9.17, 15) is 18.3 Å². The zero-order chi connectivity index (χ0) is 14.3. The Labute approximate surface area is 111 Å². The van der Waals surface area contributed by atoms with Gasteiger partial charge in [0.15, 0.2) is 0 Å². The number of nitrogens with one attached hydrogen (secondary N) is 1. The molecule has 0 heterocycles. The Hall–Kier alpha value is -1.07. The molecule has 5 heteroatoms. The van der Waals surface area contributed by atoms with Crippen molar-refractivity contribution in [3.05, 3.63) is 35.9 Å². The Balaban J connectivity index is 2.39. The lowest BCUT2D eigenvalue weighted by Crippen LogP contribution is -2.32. The molecule has 0 amide bonds. The molecule has 19 heavy (non-hydrogen) atoms. The standard InChI is InChI=1S/C14H20F3NO/c1-11(6-5-9-14(15,16)17)18-13(10-19)12-7-3-2-4-8-12/h2-4,7-8,11,13,18-19H,5-6,9-10H2,1H3/t11?,13-/m1/s1. The molecule has 1 aromatic carbocycles. The van der Waals surface area contributed by atoms with Crippen LogP contribution in [0.4, 0.5) is 13.2 Å². The lowest BCUT2D eigenvalue weighted by atomic mass is 10.0. The maximum absolute atomic E-state index is 12.0. The quantitative estimate of drug-likeness (QED) is 0.799. The summed E-state index contributed by atoms with van der Waals surface area (Å²) in [6.07, 6.45) is -4.31. The van der Waals surface area contributed by atoms with Crippen molar-refractivity contribution < 1.29 is 18.3 Å². The average Bonchev–Trinajstić information content (AvgIpc) is 2.35. The highest BCUT2D eigenvalue weighted by Gasteiger charge is 2.26. The number of halogens is 3. The number of benzene rings is 1. The zero-order valence-corrected chi connectivity index (χ0v) is 11.0. The van der Waals surface area contributed by atoms with Crippen LogP contribution >= 0.6 is 0 Å². The highest BCUT2D eigenvalue weighted by Crippen LogP contribution is 2.23. The van der Waals surface area contributed by atoms with Gasteiger partial charge in [0.25, 0.3) is 0 Å². The first-order valence-electron chi connectivity index (χ1n) is 6.41. The Kier molecular flexibility index (Phi) is 6.31. The molecule has 0 fully saturated rings. The summed E-state index contributed by atoms with van der Waals surface area (Å²) >= 11 is 0. The minimum absolute atomic E-state index is 0.0697. The molecule has 2 atom stereocenters. The van der Waals surface area contributed by atoms with Gasteiger partial charge in [-0.15, -0.1) is 0 Å². The average molecular weight is 275 g/mol. The van der Waals surface area contributed by atoms with Crippen LogP contribution in [0.15, 0.2) is 30.3 Å². The van der Waals surface area contributed by atoms with Gasteiger partial charge in [0, 0.05) is 12.5 Å². The van der Waals surface area contributed by atoms with Gasteiger partial charge in [-0.25, -0.2) is 0 Å². The number of hydrogen-bond donors (Lipinski definition) is 2. The fourth-order valence-corrected chi connectivity index (χ4v) is 1.98. The first kappa shape index (κ1) is 16.0. The molecule has 0 aliphatic heterocycles. The molecule has 1 aromatic rings. The summed E-state index contributed by atoms with van der Waals surface area (Å²) in [5, 5.41) is 12.5. The molecule has 2 nitrogen and oxygen atoms in total. The molecular formula is C14H20F3NO. The molecule has 108 valence electrons. The van der Waals surface area contributed by atoms with Crippen molar-refractivity contribution in [2.45, 2.75) is 44.4 Å². The van der Waals surface area contributed by atoms with Gasteiger partial charge >= 0.3 is 6.18 Å². The lowest BCUT2D eigenvalue weighted by molar-refractivity contribution is -0.135. The van der Waals surface area contributed by atoms with Crippen molar-refractivity contribution >= 4 is 0 Å². The molecule has 0 aromatic heterocycles. The topological polar surface area (TPSA) is 32.3 Å². The van der Waals surface area contributed by atoms with E-state index in [2.05, 4.69) is 5.32 Å². The largest absolute Gasteiger partial charge is 0.394 e. The van der Waals surface area contributed by atoms with Gasteiger partial charge in [0.05, 0.1) is 12.6 Å². The number of hydrogen-bond acceptors (Lipinski definition) is 2. The van der Waals surface area contributed by atoms with E-state index in [0.717, 1.165) is 5.56 Å². The van der Waals surface area contributed by atoms with E-state index in [1.54, 1.807) is 0 Å². The summed E-state index contributed by atoms with van der Waals surface area (Å²) in [4.78, 5) is 0. The van der Waals surface area contributed by atoms with Gasteiger partial charge in [-0.2, -0.15) is 13.2 Å². The van der Waals surface area contributed by atoms with Crippen LogP contribution in [0.5, 0.6) is 0 Å². The lowest BCUT2D eigenvalue weighted by Gasteiger charge is -2.22. The maximum atomic E-state index is 12.0. The minimum atomic E-state index is -4.09. The molecule has 1 unspecified atom stereocenters. The zero-order valence-electron chi connectivity index (χ0n) is 11.0. The molecule has 0 saturated heterocycles. The number of aliphatic hydroxyl groups is 1. The highest BCUT2D eigenvalue weighted by molar-refractivity contribution is 5.19. The number of aliphatic hydroxyl groups excluding tert-OH is 1. The second-order valence-electron chi connectivity index (χ2n) is 4.72. The van der Waals surface area contributed by atoms with Crippen molar-refractivity contribution in [1.29, 1.82) is 0 Å². The first-order valence-corrected chi connectivity index (χ1v) is 6.41. The minimum Gasteiger partial charge on any atom is -0.394 e. The van der Waals surface area contributed by atoms with Gasteiger partial charge in [-0.1, -0.05) is 30.3 Å². The Morgan fingerprint density at radius 2 is 1.84 bits per heavy atom. The molecule has 0 aliphatic carbocycles. The van der Waals surface area contributed by atoms with E-state index in [4.69, 9.17) is 0 Å². The van der Waals surface area contributed by atoms with Gasteiger partial charge < -0.3 is 10.4 Å². The van der Waals surface area contributed by atoms with E-state index in [0.29, 0.717) is 6.42 Å². The fourth-order valence-electron chi connectivity index (χ4n) is 1.98. The Bertz CT molecular complexity index is 353. The van der Waals surface area contributed by atoms with Crippen LogP contribution in [-0.2, 0) is 0 Å². The monoisotopic (exact) mass is 275 g/mol. The predicted molar refractivity (Wildman–Crippen MR) is 68.8 cm³/mol. The van der Waals surface area contributed by atoms with E-state index < -0.39 is 12.6 Å². The number of alkyl halides is 3. The molecule has 0 saturated carbocycles. The second-order valence-corrected chi connectivity index (χ2v) is 4.72. The summed E-state index contributed by atoms with van der Waals surface area (Å²) < 4.78 is 36.1. The Morgan fingerprint density at radius 3 is 2.37 bits per heavy atom. The molecule has 0 radical (unpaired) electrons. The summed E-state index contributed by atoms with van der Waals surface area (Å²) in [6, 6.07) is 9.08. The van der Waals surface area contributed by atoms with Gasteiger partial charge in [0.1, 0.15) is 0 Å². The van der Waals surface area contributed by atoms with Crippen LogP contribution in [0.1, 0.15) is 37.8 Å². The van der Waals surface area contributed by atoms with Crippen molar-refractivity contribution in [2.75, 3.05) is 6.61 Å². The Morgan fingerprint density at radius 1 is 1.21 bits per heavy atom. The molecule has 0 aliphatic rings.